The average Bonchev–Trinajstić information content (AvgIpc) is 2.33. The number of hydrogen-bond donors (Lipinski definition) is 0. The van der Waals surface area contributed by atoms with Crippen molar-refractivity contribution < 1.29 is 0 Å². The second-order valence-corrected chi connectivity index (χ2v) is 4.49. The quantitative estimate of drug-likeness (QED) is 0.521. The molecule has 2 rings (SSSR count). The van der Waals surface area contributed by atoms with Crippen molar-refractivity contribution in [3.8, 4) is 0 Å². The molecule has 2 aliphatic rings. The summed E-state index contributed by atoms with van der Waals surface area (Å²) in [5.41, 5.74) is 0.802. The average molecular weight is 138 g/mol. The molecule has 0 aromatic rings. The predicted octanol–water partition coefficient (Wildman–Crippen LogP) is 3.37. The fourth-order valence-corrected chi connectivity index (χ4v) is 2.77. The molecule has 0 nitrogen and oxygen atoms in total. The Kier molecular flexibility index (Phi) is 1.51. The van der Waals surface area contributed by atoms with Gasteiger partial charge in [-0.3, -0.25) is 0 Å². The van der Waals surface area contributed by atoms with Crippen LogP contribution in [0.3, 0.4) is 0 Å². The SMILES string of the molecule is CC1(C2CCCC2)CCC1. The lowest BCUT2D eigenvalue weighted by molar-refractivity contribution is 0.0751. The van der Waals surface area contributed by atoms with E-state index in [2.05, 4.69) is 6.92 Å². The Balaban J connectivity index is 1.96. The van der Waals surface area contributed by atoms with Gasteiger partial charge in [-0.25, -0.2) is 0 Å². The molecule has 0 spiro atoms. The zero-order valence-electron chi connectivity index (χ0n) is 7.03. The van der Waals surface area contributed by atoms with Gasteiger partial charge < -0.3 is 0 Å². The fraction of sp³-hybridized carbons (Fsp3) is 1.00. The molecule has 0 heterocycles. The third-order valence-corrected chi connectivity index (χ3v) is 3.84. The van der Waals surface area contributed by atoms with E-state index in [4.69, 9.17) is 0 Å². The summed E-state index contributed by atoms with van der Waals surface area (Å²) in [5, 5.41) is 0. The largest absolute Gasteiger partial charge is 0.0594 e. The summed E-state index contributed by atoms with van der Waals surface area (Å²) in [4.78, 5) is 0. The highest BCUT2D eigenvalue weighted by Gasteiger charge is 2.40. The van der Waals surface area contributed by atoms with Gasteiger partial charge in [-0.05, 0) is 37.0 Å². The van der Waals surface area contributed by atoms with Crippen LogP contribution in [-0.2, 0) is 0 Å². The molecule has 58 valence electrons. The maximum absolute atomic E-state index is 2.51. The maximum atomic E-state index is 2.51. The van der Waals surface area contributed by atoms with Gasteiger partial charge in [0, 0.05) is 0 Å². The van der Waals surface area contributed by atoms with Crippen molar-refractivity contribution >= 4 is 0 Å². The molecule has 0 aromatic carbocycles. The minimum atomic E-state index is 0.802. The molecule has 0 heteroatoms. The Hall–Kier alpha value is 0. The third kappa shape index (κ3) is 0.889. The molecule has 0 aromatic heterocycles. The lowest BCUT2D eigenvalue weighted by atomic mass is 9.62. The predicted molar refractivity (Wildman–Crippen MR) is 43.9 cm³/mol. The highest BCUT2D eigenvalue weighted by molar-refractivity contribution is 4.91. The topological polar surface area (TPSA) is 0 Å². The van der Waals surface area contributed by atoms with Crippen LogP contribution in [0.4, 0.5) is 0 Å². The Morgan fingerprint density at radius 1 is 1.00 bits per heavy atom. The molecule has 0 aliphatic heterocycles. The molecular weight excluding hydrogens is 120 g/mol. The summed E-state index contributed by atoms with van der Waals surface area (Å²) in [6.45, 7) is 2.51. The first-order chi connectivity index (χ1) is 4.81. The van der Waals surface area contributed by atoms with Gasteiger partial charge in [0.25, 0.3) is 0 Å². The maximum Gasteiger partial charge on any atom is -0.0298 e. The van der Waals surface area contributed by atoms with Gasteiger partial charge in [-0.1, -0.05) is 26.2 Å². The van der Waals surface area contributed by atoms with Crippen LogP contribution in [0, 0.1) is 11.3 Å². The molecule has 0 bridgehead atoms. The van der Waals surface area contributed by atoms with Crippen molar-refractivity contribution in [3.63, 3.8) is 0 Å². The molecule has 0 unspecified atom stereocenters. The van der Waals surface area contributed by atoms with E-state index in [1.807, 2.05) is 0 Å². The molecule has 2 aliphatic carbocycles. The van der Waals surface area contributed by atoms with E-state index in [0.717, 1.165) is 11.3 Å². The monoisotopic (exact) mass is 138 g/mol. The number of rotatable bonds is 1. The van der Waals surface area contributed by atoms with Crippen LogP contribution >= 0.6 is 0 Å². The van der Waals surface area contributed by atoms with E-state index in [1.54, 1.807) is 0 Å². The molecule has 0 radical (unpaired) electrons. The first-order valence-electron chi connectivity index (χ1n) is 4.81. The van der Waals surface area contributed by atoms with E-state index in [0.29, 0.717) is 0 Å². The first-order valence-corrected chi connectivity index (χ1v) is 4.81. The van der Waals surface area contributed by atoms with Crippen LogP contribution in [0.5, 0.6) is 0 Å². The van der Waals surface area contributed by atoms with Crippen molar-refractivity contribution in [1.29, 1.82) is 0 Å². The van der Waals surface area contributed by atoms with Gasteiger partial charge >= 0.3 is 0 Å². The summed E-state index contributed by atoms with van der Waals surface area (Å²) in [7, 11) is 0. The van der Waals surface area contributed by atoms with E-state index in [1.165, 1.54) is 44.9 Å². The molecular formula is C10H18. The van der Waals surface area contributed by atoms with E-state index >= 15 is 0 Å². The van der Waals surface area contributed by atoms with Crippen molar-refractivity contribution in [2.24, 2.45) is 11.3 Å². The standard InChI is InChI=1S/C10H18/c1-10(7-4-8-10)9-5-2-3-6-9/h9H,2-8H2,1H3. The van der Waals surface area contributed by atoms with Crippen LogP contribution in [0.2, 0.25) is 0 Å². The van der Waals surface area contributed by atoms with Gasteiger partial charge in [-0.2, -0.15) is 0 Å². The summed E-state index contributed by atoms with van der Waals surface area (Å²) >= 11 is 0. The lowest BCUT2D eigenvalue weighted by Crippen LogP contribution is -2.32. The molecule has 0 amide bonds. The minimum absolute atomic E-state index is 0.802. The van der Waals surface area contributed by atoms with Gasteiger partial charge in [0.05, 0.1) is 0 Å². The molecule has 2 saturated carbocycles. The highest BCUT2D eigenvalue weighted by atomic mass is 14.4. The van der Waals surface area contributed by atoms with Gasteiger partial charge in [-0.15, -0.1) is 0 Å². The first kappa shape index (κ1) is 6.69. The zero-order chi connectivity index (χ0) is 7.03. The van der Waals surface area contributed by atoms with Gasteiger partial charge in [0.15, 0.2) is 0 Å². The van der Waals surface area contributed by atoms with Crippen LogP contribution in [-0.4, -0.2) is 0 Å². The summed E-state index contributed by atoms with van der Waals surface area (Å²) in [6, 6.07) is 0. The second-order valence-electron chi connectivity index (χ2n) is 4.49. The lowest BCUT2D eigenvalue weighted by Gasteiger charge is -2.43. The Morgan fingerprint density at radius 2 is 1.60 bits per heavy atom. The number of hydrogen-bond acceptors (Lipinski definition) is 0. The van der Waals surface area contributed by atoms with E-state index in [-0.39, 0.29) is 0 Å². The normalized spacial score (nSPS) is 32.1. The zero-order valence-corrected chi connectivity index (χ0v) is 7.03. The van der Waals surface area contributed by atoms with Gasteiger partial charge in [0.2, 0.25) is 0 Å². The Bertz CT molecular complexity index is 116. The minimum Gasteiger partial charge on any atom is -0.0594 e. The third-order valence-electron chi connectivity index (χ3n) is 3.84. The highest BCUT2D eigenvalue weighted by Crippen LogP contribution is 2.52. The van der Waals surface area contributed by atoms with Crippen molar-refractivity contribution in [1.82, 2.24) is 0 Å². The molecule has 2 fully saturated rings. The Labute approximate surface area is 64.0 Å². The summed E-state index contributed by atoms with van der Waals surface area (Å²) in [5.74, 6) is 1.11. The van der Waals surface area contributed by atoms with Gasteiger partial charge in [0.1, 0.15) is 0 Å². The van der Waals surface area contributed by atoms with Crippen molar-refractivity contribution in [2.45, 2.75) is 51.9 Å². The van der Waals surface area contributed by atoms with Crippen LogP contribution < -0.4 is 0 Å². The smallest absolute Gasteiger partial charge is 0.0298 e. The molecule has 10 heavy (non-hydrogen) atoms. The van der Waals surface area contributed by atoms with Crippen molar-refractivity contribution in [3.05, 3.63) is 0 Å². The van der Waals surface area contributed by atoms with Crippen molar-refractivity contribution in [2.75, 3.05) is 0 Å². The van der Waals surface area contributed by atoms with Crippen LogP contribution in [0.25, 0.3) is 0 Å². The van der Waals surface area contributed by atoms with Crippen LogP contribution in [0.15, 0.2) is 0 Å². The van der Waals surface area contributed by atoms with E-state index < -0.39 is 0 Å². The molecule has 0 atom stereocenters. The Morgan fingerprint density at radius 3 is 2.00 bits per heavy atom. The summed E-state index contributed by atoms with van der Waals surface area (Å²) < 4.78 is 0. The molecule has 0 N–H and O–H groups in total. The van der Waals surface area contributed by atoms with E-state index in [9.17, 15) is 0 Å². The fourth-order valence-electron chi connectivity index (χ4n) is 2.77. The summed E-state index contributed by atoms with van der Waals surface area (Å²) in [6.07, 6.45) is 10.7. The molecule has 0 saturated heterocycles. The second kappa shape index (κ2) is 2.25. The van der Waals surface area contributed by atoms with Crippen LogP contribution in [0.1, 0.15) is 51.9 Å².